The summed E-state index contributed by atoms with van der Waals surface area (Å²) in [6.07, 6.45) is -6.94. The summed E-state index contributed by atoms with van der Waals surface area (Å²) in [7, 11) is 0. The van der Waals surface area contributed by atoms with Gasteiger partial charge in [0, 0.05) is 35.9 Å². The molecule has 5 aromatic rings. The molecule has 1 aliphatic heterocycles. The minimum atomic E-state index is -4.61. The smallest absolute Gasteiger partial charge is 0.340 e. The molecule has 0 spiro atoms. The van der Waals surface area contributed by atoms with E-state index in [2.05, 4.69) is 27.3 Å². The van der Waals surface area contributed by atoms with Crippen molar-refractivity contribution in [2.75, 3.05) is 11.9 Å². The van der Waals surface area contributed by atoms with Gasteiger partial charge in [0.05, 0.1) is 28.4 Å². The van der Waals surface area contributed by atoms with Crippen LogP contribution in [0, 0.1) is 0 Å². The molecule has 0 amide bonds. The number of rotatable bonds is 5. The molecule has 0 radical (unpaired) electrons. The molecule has 0 aliphatic carbocycles. The van der Waals surface area contributed by atoms with Crippen molar-refractivity contribution in [1.82, 2.24) is 19.9 Å². The van der Waals surface area contributed by atoms with Crippen LogP contribution in [-0.4, -0.2) is 26.4 Å². The average Bonchev–Trinajstić information content (AvgIpc) is 2.99. The first-order valence-electron chi connectivity index (χ1n) is 13.6. The van der Waals surface area contributed by atoms with Crippen LogP contribution >= 0.6 is 0 Å². The van der Waals surface area contributed by atoms with Gasteiger partial charge in [-0.2, -0.15) is 26.3 Å². The topological polar surface area (TPSA) is 53.9 Å². The van der Waals surface area contributed by atoms with Crippen molar-refractivity contribution in [2.45, 2.75) is 38.3 Å². The second-order valence-electron chi connectivity index (χ2n) is 10.4. The SMILES string of the molecule is CC(c1nc(Nc2ccc(C(F)(F)F)cc2)c2ccc(-c3ncccc3C(F)(F)F)cc2n1)N1CCc2ccccc2C1. The van der Waals surface area contributed by atoms with Crippen LogP contribution in [-0.2, 0) is 25.3 Å². The number of alkyl halides is 6. The van der Waals surface area contributed by atoms with Crippen molar-refractivity contribution in [2.24, 2.45) is 0 Å². The Morgan fingerprint density at radius 1 is 0.814 bits per heavy atom. The zero-order chi connectivity index (χ0) is 30.4. The molecule has 3 aromatic carbocycles. The normalized spacial score (nSPS) is 14.9. The highest BCUT2D eigenvalue weighted by Gasteiger charge is 2.34. The van der Waals surface area contributed by atoms with E-state index in [4.69, 9.17) is 9.97 Å². The lowest BCUT2D eigenvalue weighted by atomic mass is 9.98. The number of anilines is 2. The van der Waals surface area contributed by atoms with Gasteiger partial charge in [0.15, 0.2) is 0 Å². The van der Waals surface area contributed by atoms with Crippen molar-refractivity contribution in [3.8, 4) is 11.3 Å². The monoisotopic (exact) mass is 593 g/mol. The molecule has 0 saturated carbocycles. The standard InChI is InChI=1S/C32H25F6N5/c1-19(43-16-14-20-5-2-3-6-22(20)18-43)29-41-27-17-21(28-26(32(36,37)38)7-4-15-39-28)8-13-25(27)30(42-29)40-24-11-9-23(10-12-24)31(33,34)35/h2-13,15,17,19H,14,16,18H2,1H3,(H,40,41,42). The summed E-state index contributed by atoms with van der Waals surface area (Å²) in [4.78, 5) is 15.8. The second-order valence-corrected chi connectivity index (χ2v) is 10.4. The quantitative estimate of drug-likeness (QED) is 0.207. The Bertz CT molecular complexity index is 1780. The third-order valence-electron chi connectivity index (χ3n) is 7.66. The van der Waals surface area contributed by atoms with E-state index in [0.29, 0.717) is 34.8 Å². The minimum Gasteiger partial charge on any atom is -0.340 e. The number of halogens is 6. The van der Waals surface area contributed by atoms with Crippen LogP contribution < -0.4 is 5.32 Å². The Morgan fingerprint density at radius 2 is 1.56 bits per heavy atom. The summed E-state index contributed by atoms with van der Waals surface area (Å²) in [6, 6.07) is 19.3. The zero-order valence-corrected chi connectivity index (χ0v) is 22.8. The van der Waals surface area contributed by atoms with Crippen LogP contribution in [0.15, 0.2) is 85.1 Å². The lowest BCUT2D eigenvalue weighted by molar-refractivity contribution is -0.138. The van der Waals surface area contributed by atoms with E-state index < -0.39 is 23.5 Å². The fraction of sp³-hybridized carbons (Fsp3) is 0.219. The number of benzene rings is 3. The molecular weight excluding hydrogens is 568 g/mol. The number of aromatic nitrogens is 3. The molecule has 1 N–H and O–H groups in total. The van der Waals surface area contributed by atoms with Crippen molar-refractivity contribution in [3.63, 3.8) is 0 Å². The van der Waals surface area contributed by atoms with Gasteiger partial charge < -0.3 is 5.32 Å². The van der Waals surface area contributed by atoms with Gasteiger partial charge in [-0.05, 0) is 73.0 Å². The molecule has 220 valence electrons. The van der Waals surface area contributed by atoms with Crippen LogP contribution in [0.3, 0.4) is 0 Å². The Hall–Kier alpha value is -4.51. The molecule has 1 atom stereocenters. The number of nitrogens with zero attached hydrogens (tertiary/aromatic N) is 4. The minimum absolute atomic E-state index is 0.227. The van der Waals surface area contributed by atoms with Crippen LogP contribution in [0.5, 0.6) is 0 Å². The van der Waals surface area contributed by atoms with Crippen LogP contribution in [0.4, 0.5) is 37.8 Å². The van der Waals surface area contributed by atoms with Gasteiger partial charge in [0.1, 0.15) is 11.6 Å². The van der Waals surface area contributed by atoms with Crippen molar-refractivity contribution in [3.05, 3.63) is 113 Å². The maximum absolute atomic E-state index is 13.8. The summed E-state index contributed by atoms with van der Waals surface area (Å²) in [6.45, 7) is 3.38. The number of hydrogen-bond acceptors (Lipinski definition) is 5. The first-order chi connectivity index (χ1) is 20.5. The summed E-state index contributed by atoms with van der Waals surface area (Å²) < 4.78 is 80.7. The Labute approximate surface area is 243 Å². The van der Waals surface area contributed by atoms with Gasteiger partial charge in [-0.15, -0.1) is 0 Å². The fourth-order valence-corrected chi connectivity index (χ4v) is 5.33. The second kappa shape index (κ2) is 11.0. The predicted molar refractivity (Wildman–Crippen MR) is 151 cm³/mol. The van der Waals surface area contributed by atoms with Gasteiger partial charge in [-0.1, -0.05) is 30.3 Å². The highest BCUT2D eigenvalue weighted by atomic mass is 19.4. The van der Waals surface area contributed by atoms with E-state index in [-0.39, 0.29) is 17.3 Å². The van der Waals surface area contributed by atoms with E-state index in [0.717, 1.165) is 31.2 Å². The lowest BCUT2D eigenvalue weighted by Gasteiger charge is -2.33. The van der Waals surface area contributed by atoms with Crippen molar-refractivity contribution in [1.29, 1.82) is 0 Å². The first kappa shape index (κ1) is 28.6. The lowest BCUT2D eigenvalue weighted by Crippen LogP contribution is -2.33. The number of hydrogen-bond donors (Lipinski definition) is 1. The molecular formula is C32H25F6N5. The molecule has 1 unspecified atom stereocenters. The summed E-state index contributed by atoms with van der Waals surface area (Å²) >= 11 is 0. The van der Waals surface area contributed by atoms with Crippen molar-refractivity contribution < 1.29 is 26.3 Å². The predicted octanol–water partition coefficient (Wildman–Crippen LogP) is 8.59. The Kier molecular flexibility index (Phi) is 7.29. The summed E-state index contributed by atoms with van der Waals surface area (Å²) in [5.41, 5.74) is 1.56. The highest BCUT2D eigenvalue weighted by Crippen LogP contribution is 2.38. The number of fused-ring (bicyclic) bond motifs is 2. The maximum Gasteiger partial charge on any atom is 0.418 e. The van der Waals surface area contributed by atoms with Gasteiger partial charge in [0.25, 0.3) is 0 Å². The fourth-order valence-electron chi connectivity index (χ4n) is 5.33. The first-order valence-corrected chi connectivity index (χ1v) is 13.6. The summed E-state index contributed by atoms with van der Waals surface area (Å²) in [5, 5.41) is 3.60. The number of nitrogens with one attached hydrogen (secondary N) is 1. The molecule has 3 heterocycles. The van der Waals surface area contributed by atoms with Gasteiger partial charge in [-0.25, -0.2) is 9.97 Å². The van der Waals surface area contributed by atoms with E-state index in [9.17, 15) is 26.3 Å². The van der Waals surface area contributed by atoms with Crippen LogP contribution in [0.1, 0.15) is 41.0 Å². The van der Waals surface area contributed by atoms with E-state index in [1.807, 2.05) is 19.1 Å². The van der Waals surface area contributed by atoms with Crippen molar-refractivity contribution >= 4 is 22.4 Å². The van der Waals surface area contributed by atoms with Gasteiger partial charge in [-0.3, -0.25) is 9.88 Å². The highest BCUT2D eigenvalue weighted by molar-refractivity contribution is 5.93. The molecule has 2 aromatic heterocycles. The van der Waals surface area contributed by atoms with Crippen LogP contribution in [0.25, 0.3) is 22.2 Å². The molecule has 1 aliphatic rings. The van der Waals surface area contributed by atoms with Crippen LogP contribution in [0.2, 0.25) is 0 Å². The molecule has 43 heavy (non-hydrogen) atoms. The average molecular weight is 594 g/mol. The van der Waals surface area contributed by atoms with Gasteiger partial charge in [0.2, 0.25) is 0 Å². The maximum atomic E-state index is 13.8. The molecule has 0 saturated heterocycles. The molecule has 5 nitrogen and oxygen atoms in total. The van der Waals surface area contributed by atoms with E-state index in [1.165, 1.54) is 47.7 Å². The van der Waals surface area contributed by atoms with E-state index >= 15 is 0 Å². The molecule has 0 fully saturated rings. The Balaban J connectivity index is 1.43. The zero-order valence-electron chi connectivity index (χ0n) is 22.8. The molecule has 11 heteroatoms. The summed E-state index contributed by atoms with van der Waals surface area (Å²) in [5.74, 6) is 0.753. The Morgan fingerprint density at radius 3 is 2.28 bits per heavy atom. The van der Waals surface area contributed by atoms with Gasteiger partial charge >= 0.3 is 12.4 Å². The third-order valence-corrected chi connectivity index (χ3v) is 7.66. The van der Waals surface area contributed by atoms with E-state index in [1.54, 1.807) is 6.07 Å². The molecule has 0 bridgehead atoms. The largest absolute Gasteiger partial charge is 0.418 e. The molecule has 6 rings (SSSR count). The number of pyridine rings is 1. The third kappa shape index (κ3) is 5.90.